The van der Waals surface area contributed by atoms with Gasteiger partial charge in [-0.1, -0.05) is 6.08 Å². The van der Waals surface area contributed by atoms with Crippen LogP contribution in [0.5, 0.6) is 0 Å². The number of rotatable bonds is 26. The number of carbonyl (C=O) groups is 1. The van der Waals surface area contributed by atoms with Crippen molar-refractivity contribution in [3.8, 4) is 0 Å². The third-order valence-electron chi connectivity index (χ3n) is 11.2. The molecule has 0 aliphatic carbocycles. The molecule has 2 atom stereocenters. The number of hydrogen-bond donors (Lipinski definition) is 4. The highest BCUT2D eigenvalue weighted by atomic mass is 32.2. The first-order valence-corrected chi connectivity index (χ1v) is 25.9. The van der Waals surface area contributed by atoms with Crippen LogP contribution in [0.15, 0.2) is 74.7 Å². The van der Waals surface area contributed by atoms with Crippen molar-refractivity contribution >= 4 is 63.3 Å². The van der Waals surface area contributed by atoms with E-state index in [1.165, 1.54) is 44.6 Å². The lowest BCUT2D eigenvalue weighted by atomic mass is 9.75. The van der Waals surface area contributed by atoms with Gasteiger partial charge >= 0.3 is 16.0 Å². The largest absolute Gasteiger partial charge is 0.481 e. The quantitative estimate of drug-likeness (QED) is 0.0443. The van der Waals surface area contributed by atoms with E-state index in [2.05, 4.69) is 9.30 Å². The molecular weight excluding hydrogens is 893 g/mol. The number of nitroso groups, excluding NO2 is 1. The average molecular weight is 948 g/mol. The number of carboxylic acids is 1. The van der Waals surface area contributed by atoms with E-state index >= 15 is 0 Å². The summed E-state index contributed by atoms with van der Waals surface area (Å²) >= 11 is 0. The Morgan fingerprint density at radius 3 is 2.11 bits per heavy atom. The summed E-state index contributed by atoms with van der Waals surface area (Å²) in [4.78, 5) is 23.7. The monoisotopic (exact) mass is 947 g/mol. The molecule has 0 fully saturated rings. The molecule has 0 aromatic heterocycles. The molecule has 0 saturated heterocycles. The fourth-order valence-electron chi connectivity index (χ4n) is 8.17. The lowest BCUT2D eigenvalue weighted by Crippen LogP contribution is -2.34. The predicted molar refractivity (Wildman–Crippen MR) is 231 cm³/mol. The number of nitrogens with one attached hydrogen (secondary N) is 1. The highest BCUT2D eigenvalue weighted by Gasteiger charge is 2.48. The van der Waals surface area contributed by atoms with Crippen molar-refractivity contribution in [3.63, 3.8) is 0 Å². The van der Waals surface area contributed by atoms with Crippen molar-refractivity contribution in [3.05, 3.63) is 76.4 Å². The third kappa shape index (κ3) is 12.4. The smallest absolute Gasteiger partial charge is 0.316 e. The van der Waals surface area contributed by atoms with E-state index in [1.54, 1.807) is 31.2 Å². The summed E-state index contributed by atoms with van der Waals surface area (Å²) in [6.07, 6.45) is 7.03. The van der Waals surface area contributed by atoms with Crippen molar-refractivity contribution in [2.45, 2.75) is 85.8 Å². The summed E-state index contributed by atoms with van der Waals surface area (Å²) in [6, 6.07) is 8.26. The molecule has 2 aromatic carbocycles. The van der Waals surface area contributed by atoms with Crippen LogP contribution >= 0.6 is 0 Å². The van der Waals surface area contributed by atoms with Crippen LogP contribution in [0.1, 0.15) is 76.3 Å². The van der Waals surface area contributed by atoms with Gasteiger partial charge in [-0.25, -0.2) is 13.1 Å². The Balaban J connectivity index is 1.92. The van der Waals surface area contributed by atoms with Crippen molar-refractivity contribution in [2.24, 2.45) is 4.58 Å². The molecule has 0 spiro atoms. The number of hydrogen-bond acceptors (Lipinski definition) is 13. The number of benzene rings is 2. The second kappa shape index (κ2) is 20.7. The zero-order valence-corrected chi connectivity index (χ0v) is 38.3. The van der Waals surface area contributed by atoms with Gasteiger partial charge in [0, 0.05) is 74.7 Å². The molecule has 2 heterocycles. The molecule has 4 N–H and O–H groups in total. The van der Waals surface area contributed by atoms with E-state index in [9.17, 15) is 57.6 Å². The maximum atomic E-state index is 12.9. The second-order valence-electron chi connectivity index (χ2n) is 15.5. The maximum absolute atomic E-state index is 12.9. The number of ether oxygens (including phenoxy) is 2. The van der Waals surface area contributed by atoms with E-state index in [0.29, 0.717) is 59.7 Å². The molecule has 62 heavy (non-hydrogen) atoms. The molecule has 2 aromatic rings. The number of nitrogens with zero attached hydrogens (tertiary/aromatic N) is 3. The molecule has 4 rings (SSSR count). The van der Waals surface area contributed by atoms with Gasteiger partial charge in [0.15, 0.2) is 5.71 Å². The number of aliphatic carboxylic acids is 1. The minimum atomic E-state index is -4.67. The van der Waals surface area contributed by atoms with Crippen molar-refractivity contribution < 1.29 is 66.7 Å². The summed E-state index contributed by atoms with van der Waals surface area (Å²) in [6.45, 7) is 4.64. The van der Waals surface area contributed by atoms with E-state index in [4.69, 9.17) is 9.47 Å². The lowest BCUT2D eigenvalue weighted by molar-refractivity contribution is -0.438. The number of sulfonamides is 2. The predicted octanol–water partition coefficient (Wildman–Crippen LogP) is 4.27. The summed E-state index contributed by atoms with van der Waals surface area (Å²) in [5.74, 6) is -1.80. The van der Waals surface area contributed by atoms with Gasteiger partial charge in [-0.05, 0) is 94.3 Å². The van der Waals surface area contributed by atoms with Crippen LogP contribution in [-0.2, 0) is 65.4 Å². The number of allylic oxidation sites excluding steroid dienone is 4. The Bertz CT molecular complexity index is 2540. The first-order chi connectivity index (χ1) is 28.9. The topological polar surface area (TPSA) is 280 Å². The van der Waals surface area contributed by atoms with E-state index in [1.807, 2.05) is 16.4 Å². The van der Waals surface area contributed by atoms with Crippen LogP contribution < -0.4 is 9.62 Å². The first kappa shape index (κ1) is 50.7. The highest BCUT2D eigenvalue weighted by molar-refractivity contribution is 7.90. The van der Waals surface area contributed by atoms with Crippen molar-refractivity contribution in [1.82, 2.24) is 4.72 Å². The van der Waals surface area contributed by atoms with E-state index < -0.39 is 62.8 Å². The summed E-state index contributed by atoms with van der Waals surface area (Å²) in [5.41, 5.74) is 1.10. The lowest BCUT2D eigenvalue weighted by Gasteiger charge is -2.30. The fourth-order valence-corrected chi connectivity index (χ4v) is 10.8. The normalized spacial score (nSPS) is 20.0. The van der Waals surface area contributed by atoms with Crippen LogP contribution in [0.2, 0.25) is 0 Å². The molecule has 0 saturated carbocycles. The fraction of sp³-hybridized carbons (Fsp3) is 0.538. The molecule has 2 unspecified atom stereocenters. The van der Waals surface area contributed by atoms with E-state index in [-0.39, 0.29) is 74.0 Å². The molecule has 344 valence electrons. The SMILES string of the molecule is COCCNS(=O)(=O)CCCC1(C)C(/C=C/C=C2/N(CCOC)c3ccc(S(=O)(=O)N=O)cc3C2(C)CCCS(=O)(=O)O)=[N+](CCCCCC(=O)O)c2ccc(S(=O)(=O)O)cc21. The second-order valence-corrected chi connectivity index (χ2v) is 22.0. The zero-order valence-electron chi connectivity index (χ0n) is 35.0. The molecular formula is C39H55N4O15S4+. The summed E-state index contributed by atoms with van der Waals surface area (Å²) in [7, 11) is -14.4. The van der Waals surface area contributed by atoms with Crippen molar-refractivity contribution in [1.29, 1.82) is 0 Å². The minimum Gasteiger partial charge on any atom is -0.481 e. The Labute approximate surface area is 363 Å². The van der Waals surface area contributed by atoms with E-state index in [0.717, 1.165) is 0 Å². The number of fused-ring (bicyclic) bond motifs is 2. The van der Waals surface area contributed by atoms with Crippen LogP contribution in [0.4, 0.5) is 11.4 Å². The van der Waals surface area contributed by atoms with Gasteiger partial charge in [-0.2, -0.15) is 29.8 Å². The van der Waals surface area contributed by atoms with Gasteiger partial charge in [0.2, 0.25) is 15.7 Å². The van der Waals surface area contributed by atoms with Gasteiger partial charge in [0.25, 0.3) is 20.2 Å². The van der Waals surface area contributed by atoms with Gasteiger partial charge in [0.1, 0.15) is 6.54 Å². The standard InChI is InChI=1S/C39H54N4O15S4/c1-38(18-9-25-59(47,48)40-20-23-57-3)32-28-30(62(54,55)56)15-17-33(32)42(21-7-5-6-13-37(44)45)35(38)11-8-12-36-39(2,19-10-26-60(49,50)51)31-27-29(61(52,53)41-46)14-16-34(31)43(36)22-24-58-4/h8,11-12,14-17,27-28,40H,5-7,9-10,13,18-26H2,1-4H3,(H2-,44,45,49,50,51,54,55,56)/p+1. The zero-order chi connectivity index (χ0) is 46.1. The molecule has 0 amide bonds. The summed E-state index contributed by atoms with van der Waals surface area (Å²) < 4.78 is 136. The molecule has 23 heteroatoms. The molecule has 0 bridgehead atoms. The molecule has 2 aliphatic heterocycles. The van der Waals surface area contributed by atoms with Gasteiger partial charge < -0.3 is 19.5 Å². The van der Waals surface area contributed by atoms with Crippen LogP contribution in [0, 0.1) is 4.91 Å². The average Bonchev–Trinajstić information content (AvgIpc) is 3.55. The van der Waals surface area contributed by atoms with Crippen LogP contribution in [0.3, 0.4) is 0 Å². The minimum absolute atomic E-state index is 0.0347. The summed E-state index contributed by atoms with van der Waals surface area (Å²) in [5, 5.41) is 9.20. The molecule has 0 radical (unpaired) electrons. The Kier molecular flexibility index (Phi) is 16.9. The van der Waals surface area contributed by atoms with Crippen LogP contribution in [0.25, 0.3) is 0 Å². The van der Waals surface area contributed by atoms with Gasteiger partial charge in [0.05, 0.1) is 44.5 Å². The Hall–Kier alpha value is -3.94. The Morgan fingerprint density at radius 1 is 0.839 bits per heavy atom. The molecule has 2 aliphatic rings. The maximum Gasteiger partial charge on any atom is 0.316 e. The van der Waals surface area contributed by atoms with Gasteiger partial charge in [-0.15, -0.1) is 4.91 Å². The number of anilines is 1. The number of unbranched alkanes of at least 4 members (excludes halogenated alkanes) is 2. The Morgan fingerprint density at radius 2 is 1.48 bits per heavy atom. The van der Waals surface area contributed by atoms with Crippen molar-refractivity contribution in [2.75, 3.05) is 63.5 Å². The molecule has 19 nitrogen and oxygen atoms in total. The number of methoxy groups -OCH3 is 2. The first-order valence-electron chi connectivity index (χ1n) is 19.7. The van der Waals surface area contributed by atoms with Crippen LogP contribution in [-0.4, -0.2) is 123 Å². The third-order valence-corrected chi connectivity index (χ3v) is 15.4. The highest BCUT2D eigenvalue weighted by Crippen LogP contribution is 2.51. The number of carboxylic acid groups (broad SMARTS) is 1. The van der Waals surface area contributed by atoms with Gasteiger partial charge in [-0.3, -0.25) is 13.9 Å².